The third-order valence-corrected chi connectivity index (χ3v) is 7.76. The lowest BCUT2D eigenvalue weighted by Crippen LogP contribution is -2.54. The van der Waals surface area contributed by atoms with E-state index in [2.05, 4.69) is 26.8 Å². The number of amides is 2. The Morgan fingerprint density at radius 3 is 2.68 bits per heavy atom. The van der Waals surface area contributed by atoms with Crippen molar-refractivity contribution in [2.75, 3.05) is 36.5 Å². The van der Waals surface area contributed by atoms with Crippen LogP contribution >= 0.6 is 0 Å². The smallest absolute Gasteiger partial charge is 0.356 e. The number of hydrogen-bond donors (Lipinski definition) is 1. The third-order valence-electron chi connectivity index (χ3n) is 7.76. The Balaban J connectivity index is 1.70. The number of pyridine rings is 2. The molecule has 0 radical (unpaired) electrons. The first-order valence-corrected chi connectivity index (χ1v) is 14.1. The van der Waals surface area contributed by atoms with E-state index < -0.39 is 35.5 Å². The van der Waals surface area contributed by atoms with Gasteiger partial charge >= 0.3 is 5.69 Å². The molecule has 2 aliphatic rings. The summed E-state index contributed by atoms with van der Waals surface area (Å²) in [5.41, 5.74) is -0.816. The van der Waals surface area contributed by atoms with E-state index in [1.54, 1.807) is 4.90 Å². The maximum atomic E-state index is 16.1. The number of rotatable bonds is 3. The van der Waals surface area contributed by atoms with Gasteiger partial charge in [0.1, 0.15) is 28.8 Å². The first kappa shape index (κ1) is 28.9. The number of nitrogens with one attached hydrogen (secondary N) is 1. The lowest BCUT2D eigenvalue weighted by Gasteiger charge is -2.40. The second kappa shape index (κ2) is 11.1. The number of ether oxygens (including phenoxy) is 1. The van der Waals surface area contributed by atoms with E-state index >= 15 is 8.78 Å². The minimum atomic E-state index is -0.886. The maximum Gasteiger partial charge on any atom is 0.356 e. The molecule has 6 rings (SSSR count). The lowest BCUT2D eigenvalue weighted by atomic mass is 10.0. The summed E-state index contributed by atoms with van der Waals surface area (Å²) in [5, 5.41) is 2.78. The Bertz CT molecular complexity index is 1910. The quantitative estimate of drug-likeness (QED) is 0.352. The van der Waals surface area contributed by atoms with E-state index in [4.69, 9.17) is 4.74 Å². The summed E-state index contributed by atoms with van der Waals surface area (Å²) >= 11 is 0. The number of hydrogen-bond acceptors (Lipinski definition) is 8. The van der Waals surface area contributed by atoms with Gasteiger partial charge in [0, 0.05) is 37.9 Å². The predicted molar refractivity (Wildman–Crippen MR) is 160 cm³/mol. The molecule has 5 heterocycles. The van der Waals surface area contributed by atoms with Gasteiger partial charge in [-0.3, -0.25) is 14.6 Å². The van der Waals surface area contributed by atoms with Gasteiger partial charge in [0.15, 0.2) is 18.1 Å². The van der Waals surface area contributed by atoms with Crippen molar-refractivity contribution >= 4 is 34.4 Å². The number of halogens is 2. The second-order valence-electron chi connectivity index (χ2n) is 11.0. The van der Waals surface area contributed by atoms with Crippen LogP contribution in [0.2, 0.25) is 0 Å². The average Bonchev–Trinajstić information content (AvgIpc) is 2.99. The van der Waals surface area contributed by atoms with Crippen LogP contribution in [0.1, 0.15) is 32.4 Å². The van der Waals surface area contributed by atoms with Crippen LogP contribution in [0.25, 0.3) is 28.0 Å². The molecule has 0 spiro atoms. The maximum absolute atomic E-state index is 16.1. The molecule has 2 amide bonds. The Kier molecular flexibility index (Phi) is 7.31. The highest BCUT2D eigenvalue weighted by Gasteiger charge is 2.32. The molecule has 1 aromatic carbocycles. The number of carbonyl (C=O) groups is 2. The van der Waals surface area contributed by atoms with Crippen molar-refractivity contribution in [2.45, 2.75) is 32.7 Å². The zero-order chi connectivity index (χ0) is 31.3. The molecule has 2 aliphatic heterocycles. The van der Waals surface area contributed by atoms with E-state index in [0.717, 1.165) is 6.07 Å². The van der Waals surface area contributed by atoms with Crippen molar-refractivity contribution in [1.82, 2.24) is 24.4 Å². The fraction of sp³-hybridized carbons (Fsp3) is 0.290. The number of anilines is 2. The van der Waals surface area contributed by atoms with Crippen molar-refractivity contribution in [2.24, 2.45) is 0 Å². The summed E-state index contributed by atoms with van der Waals surface area (Å²) < 4.78 is 38.6. The summed E-state index contributed by atoms with van der Waals surface area (Å²) in [5.74, 6) is -2.44. The van der Waals surface area contributed by atoms with Gasteiger partial charge in [-0.2, -0.15) is 4.98 Å². The van der Waals surface area contributed by atoms with Crippen LogP contribution in [0.5, 0.6) is 5.75 Å². The molecule has 1 atom stereocenters. The van der Waals surface area contributed by atoms with Crippen molar-refractivity contribution < 1.29 is 23.1 Å². The van der Waals surface area contributed by atoms with E-state index in [1.165, 1.54) is 41.1 Å². The largest absolute Gasteiger partial charge is 0.481 e. The molecule has 2 bridgehead atoms. The third kappa shape index (κ3) is 4.83. The summed E-state index contributed by atoms with van der Waals surface area (Å²) in [6, 6.07) is 6.32. The molecule has 0 unspecified atom stereocenters. The topological polar surface area (TPSA) is 123 Å². The number of fused-ring (bicyclic) bond motifs is 5. The number of piperazine rings is 1. The first-order chi connectivity index (χ1) is 21.1. The van der Waals surface area contributed by atoms with Gasteiger partial charge in [-0.25, -0.2) is 23.1 Å². The van der Waals surface area contributed by atoms with Gasteiger partial charge in [-0.1, -0.05) is 26.5 Å². The molecule has 44 heavy (non-hydrogen) atoms. The molecule has 3 aromatic heterocycles. The second-order valence-corrected chi connectivity index (χ2v) is 11.0. The van der Waals surface area contributed by atoms with Gasteiger partial charge < -0.3 is 19.9 Å². The highest BCUT2D eigenvalue weighted by molar-refractivity contribution is 5.98. The molecule has 0 aliphatic carbocycles. The average molecular weight is 602 g/mol. The molecule has 11 nitrogen and oxygen atoms in total. The zero-order valence-electron chi connectivity index (χ0n) is 24.3. The van der Waals surface area contributed by atoms with Crippen LogP contribution in [0.4, 0.5) is 20.3 Å². The predicted octanol–water partition coefficient (Wildman–Crippen LogP) is 3.80. The van der Waals surface area contributed by atoms with Crippen LogP contribution < -0.4 is 20.6 Å². The fourth-order valence-corrected chi connectivity index (χ4v) is 5.72. The van der Waals surface area contributed by atoms with Crippen molar-refractivity contribution in [3.63, 3.8) is 0 Å². The molecule has 1 N–H and O–H groups in total. The summed E-state index contributed by atoms with van der Waals surface area (Å²) in [6.45, 7) is 9.63. The monoisotopic (exact) mass is 601 g/mol. The Hall–Kier alpha value is -5.20. The normalized spacial score (nSPS) is 16.5. The SMILES string of the molecule is C=CC(=O)N1CCN(c2nc(=O)n3c4nc(c(F)cc24)-c2c(F)cccc2NC(=O)COc2ccnc(C(C)C)c2-3)[C@@H](C)C1. The van der Waals surface area contributed by atoms with Crippen molar-refractivity contribution in [1.29, 1.82) is 0 Å². The highest BCUT2D eigenvalue weighted by atomic mass is 19.1. The van der Waals surface area contributed by atoms with Gasteiger partial charge in [-0.15, -0.1) is 0 Å². The van der Waals surface area contributed by atoms with Crippen molar-refractivity contribution in [3.8, 4) is 22.7 Å². The molecule has 226 valence electrons. The van der Waals surface area contributed by atoms with E-state index in [1.807, 2.05) is 25.7 Å². The minimum absolute atomic E-state index is 0.00551. The minimum Gasteiger partial charge on any atom is -0.481 e. The number of nitrogens with zero attached hydrogens (tertiary/aromatic N) is 6. The van der Waals surface area contributed by atoms with Gasteiger partial charge in [-0.05, 0) is 37.1 Å². The van der Waals surface area contributed by atoms with Gasteiger partial charge in [0.2, 0.25) is 5.91 Å². The van der Waals surface area contributed by atoms with Crippen LogP contribution in [-0.2, 0) is 9.59 Å². The fourth-order valence-electron chi connectivity index (χ4n) is 5.72. The molecule has 0 saturated carbocycles. The molecule has 1 fully saturated rings. The van der Waals surface area contributed by atoms with E-state index in [9.17, 15) is 14.4 Å². The molecule has 4 aromatic rings. The summed E-state index contributed by atoms with van der Waals surface area (Å²) in [4.78, 5) is 56.2. The number of aromatic nitrogens is 4. The standard InChI is InChI=1S/C31H29F2N7O4/c1-5-24(42)38-11-12-39(17(4)14-38)29-18-13-20(33)27-25-19(32)7-6-8-21(25)35-23(41)15-44-22-9-10-34-26(16(2)3)28(22)40(30(18)36-27)31(43)37-29/h5-10,13,16-17H,1,11-12,14-15H2,2-4H3,(H,35,41)/t17-/m0/s1. The summed E-state index contributed by atoms with van der Waals surface area (Å²) in [6.07, 6.45) is 2.74. The zero-order valence-corrected chi connectivity index (χ0v) is 24.3. The molecule has 13 heteroatoms. The lowest BCUT2D eigenvalue weighted by molar-refractivity contribution is -0.126. The Morgan fingerprint density at radius 1 is 1.16 bits per heavy atom. The van der Waals surface area contributed by atoms with Crippen LogP contribution in [0.15, 0.2) is 54.0 Å². The highest BCUT2D eigenvalue weighted by Crippen LogP contribution is 2.38. The molecular weight excluding hydrogens is 572 g/mol. The summed E-state index contributed by atoms with van der Waals surface area (Å²) in [7, 11) is 0. The number of benzene rings is 1. The Labute approximate surface area is 250 Å². The van der Waals surface area contributed by atoms with Crippen molar-refractivity contribution in [3.05, 3.63) is 77.0 Å². The van der Waals surface area contributed by atoms with Gasteiger partial charge in [0.25, 0.3) is 5.91 Å². The molecule has 1 saturated heterocycles. The number of carbonyl (C=O) groups excluding carboxylic acids is 2. The van der Waals surface area contributed by atoms with Crippen LogP contribution in [-0.4, -0.2) is 68.5 Å². The Morgan fingerprint density at radius 2 is 1.95 bits per heavy atom. The van der Waals surface area contributed by atoms with E-state index in [-0.39, 0.29) is 57.4 Å². The van der Waals surface area contributed by atoms with Crippen LogP contribution in [0.3, 0.4) is 0 Å². The van der Waals surface area contributed by atoms with Gasteiger partial charge in [0.05, 0.1) is 22.3 Å². The molecular formula is C31H29F2N7O4. The van der Waals surface area contributed by atoms with E-state index in [0.29, 0.717) is 25.3 Å². The first-order valence-electron chi connectivity index (χ1n) is 14.1. The van der Waals surface area contributed by atoms with Crippen LogP contribution in [0, 0.1) is 11.6 Å².